The molecule has 14 heavy (non-hydrogen) atoms. The molecule has 0 saturated heterocycles. The molecule has 1 heterocycles. The lowest BCUT2D eigenvalue weighted by molar-refractivity contribution is 0.579. The number of thiazole rings is 1. The Morgan fingerprint density at radius 3 is 2.86 bits per heavy atom. The van der Waals surface area contributed by atoms with Crippen LogP contribution in [-0.2, 0) is 10.0 Å². The highest BCUT2D eigenvalue weighted by Crippen LogP contribution is 2.22. The second-order valence-corrected chi connectivity index (χ2v) is 6.00. The maximum absolute atomic E-state index is 11.5. The first-order valence-corrected chi connectivity index (χ1v) is 6.23. The SMILES string of the molecule is C#CC(C)NS(=O)(=O)c1cnc(Cl)s1. The lowest BCUT2D eigenvalue weighted by Gasteiger charge is -2.05. The van der Waals surface area contributed by atoms with Crippen LogP contribution < -0.4 is 4.72 Å². The van der Waals surface area contributed by atoms with E-state index >= 15 is 0 Å². The van der Waals surface area contributed by atoms with Gasteiger partial charge in [0.1, 0.15) is 0 Å². The molecule has 0 aliphatic heterocycles. The molecule has 0 aliphatic rings. The van der Waals surface area contributed by atoms with Crippen LogP contribution in [0.4, 0.5) is 0 Å². The Hall–Kier alpha value is -0.610. The molecule has 7 heteroatoms. The molecule has 1 rings (SSSR count). The standard InChI is InChI=1S/C7H7ClN2O2S2/c1-3-5(2)10-14(11,12)6-4-9-7(8)13-6/h1,4-5,10H,2H3. The maximum atomic E-state index is 11.5. The molecule has 4 nitrogen and oxygen atoms in total. The Labute approximate surface area is 91.4 Å². The number of hydrogen-bond acceptors (Lipinski definition) is 4. The van der Waals surface area contributed by atoms with Gasteiger partial charge in [-0.2, -0.15) is 4.72 Å². The third-order valence-electron chi connectivity index (χ3n) is 1.30. The van der Waals surface area contributed by atoms with Gasteiger partial charge in [-0.25, -0.2) is 13.4 Å². The highest BCUT2D eigenvalue weighted by molar-refractivity contribution is 7.91. The molecule has 0 spiro atoms. The topological polar surface area (TPSA) is 59.1 Å². The summed E-state index contributed by atoms with van der Waals surface area (Å²) in [5, 5.41) is 0. The summed E-state index contributed by atoms with van der Waals surface area (Å²) in [5.41, 5.74) is 0. The van der Waals surface area contributed by atoms with E-state index in [-0.39, 0.29) is 8.68 Å². The third kappa shape index (κ3) is 2.69. The second-order valence-electron chi connectivity index (χ2n) is 2.44. The van der Waals surface area contributed by atoms with E-state index in [1.165, 1.54) is 6.20 Å². The summed E-state index contributed by atoms with van der Waals surface area (Å²) in [5.74, 6) is 2.26. The Balaban J connectivity index is 2.93. The summed E-state index contributed by atoms with van der Waals surface area (Å²) >= 11 is 6.39. The van der Waals surface area contributed by atoms with Crippen LogP contribution in [0.1, 0.15) is 6.92 Å². The summed E-state index contributed by atoms with van der Waals surface area (Å²) in [6.45, 7) is 1.57. The molecule has 0 bridgehead atoms. The Kier molecular flexibility index (Phi) is 3.50. The summed E-state index contributed by atoms with van der Waals surface area (Å²) in [6.07, 6.45) is 6.24. The number of halogens is 1. The molecule has 0 aromatic carbocycles. The lowest BCUT2D eigenvalue weighted by Crippen LogP contribution is -2.30. The average molecular weight is 251 g/mol. The van der Waals surface area contributed by atoms with Crippen LogP contribution >= 0.6 is 22.9 Å². The van der Waals surface area contributed by atoms with Gasteiger partial charge in [0.25, 0.3) is 10.0 Å². The Morgan fingerprint density at radius 2 is 2.43 bits per heavy atom. The van der Waals surface area contributed by atoms with Crippen molar-refractivity contribution in [2.75, 3.05) is 0 Å². The first kappa shape index (κ1) is 11.5. The number of terminal acetylenes is 1. The molecular weight excluding hydrogens is 244 g/mol. The zero-order valence-electron chi connectivity index (χ0n) is 7.19. The minimum Gasteiger partial charge on any atom is -0.232 e. The van der Waals surface area contributed by atoms with Crippen molar-refractivity contribution in [2.24, 2.45) is 0 Å². The first-order valence-electron chi connectivity index (χ1n) is 3.55. The van der Waals surface area contributed by atoms with Crippen LogP contribution in [0.3, 0.4) is 0 Å². The molecular formula is C7H7ClN2O2S2. The van der Waals surface area contributed by atoms with E-state index in [9.17, 15) is 8.42 Å². The number of rotatable bonds is 3. The molecule has 1 aromatic heterocycles. The summed E-state index contributed by atoms with van der Waals surface area (Å²) in [7, 11) is -3.57. The largest absolute Gasteiger partial charge is 0.252 e. The second kappa shape index (κ2) is 4.28. The Morgan fingerprint density at radius 1 is 1.79 bits per heavy atom. The molecule has 1 N–H and O–H groups in total. The number of nitrogens with zero attached hydrogens (tertiary/aromatic N) is 1. The fraction of sp³-hybridized carbons (Fsp3) is 0.286. The molecule has 0 saturated carbocycles. The molecule has 0 amide bonds. The molecule has 1 atom stereocenters. The quantitative estimate of drug-likeness (QED) is 0.818. The normalized spacial score (nSPS) is 13.5. The zero-order chi connectivity index (χ0) is 10.8. The van der Waals surface area contributed by atoms with Gasteiger partial charge in [-0.1, -0.05) is 28.9 Å². The van der Waals surface area contributed by atoms with Gasteiger partial charge in [0.05, 0.1) is 12.2 Å². The van der Waals surface area contributed by atoms with Gasteiger partial charge in [0, 0.05) is 0 Å². The van der Waals surface area contributed by atoms with Crippen LogP contribution in [0.2, 0.25) is 4.47 Å². The lowest BCUT2D eigenvalue weighted by atomic mass is 10.4. The van der Waals surface area contributed by atoms with Crippen molar-refractivity contribution in [1.29, 1.82) is 0 Å². The van der Waals surface area contributed by atoms with Crippen LogP contribution in [-0.4, -0.2) is 19.4 Å². The van der Waals surface area contributed by atoms with Gasteiger partial charge in [-0.15, -0.1) is 6.42 Å². The van der Waals surface area contributed by atoms with Gasteiger partial charge in [0.15, 0.2) is 8.68 Å². The minimum atomic E-state index is -3.57. The van der Waals surface area contributed by atoms with E-state index < -0.39 is 16.1 Å². The Bertz CT molecular complexity index is 460. The van der Waals surface area contributed by atoms with Gasteiger partial charge < -0.3 is 0 Å². The van der Waals surface area contributed by atoms with Crippen molar-refractivity contribution in [2.45, 2.75) is 17.2 Å². The molecule has 76 valence electrons. The first-order chi connectivity index (χ1) is 6.45. The van der Waals surface area contributed by atoms with E-state index in [1.54, 1.807) is 6.92 Å². The van der Waals surface area contributed by atoms with E-state index in [4.69, 9.17) is 18.0 Å². The van der Waals surface area contributed by atoms with Gasteiger partial charge >= 0.3 is 0 Å². The van der Waals surface area contributed by atoms with Gasteiger partial charge in [0.2, 0.25) is 0 Å². The van der Waals surface area contributed by atoms with Crippen molar-refractivity contribution in [3.8, 4) is 12.3 Å². The van der Waals surface area contributed by atoms with E-state index in [0.29, 0.717) is 0 Å². The molecule has 1 unspecified atom stereocenters. The summed E-state index contributed by atoms with van der Waals surface area (Å²) < 4.78 is 25.6. The highest BCUT2D eigenvalue weighted by atomic mass is 35.5. The minimum absolute atomic E-state index is 0.0598. The van der Waals surface area contributed by atoms with Gasteiger partial charge in [-0.3, -0.25) is 0 Å². The molecule has 0 fully saturated rings. The van der Waals surface area contributed by atoms with Crippen LogP contribution in [0.25, 0.3) is 0 Å². The van der Waals surface area contributed by atoms with Crippen molar-refractivity contribution >= 4 is 33.0 Å². The average Bonchev–Trinajstić information content (AvgIpc) is 2.51. The summed E-state index contributed by atoms with van der Waals surface area (Å²) in [6, 6.07) is -0.555. The van der Waals surface area contributed by atoms with Crippen molar-refractivity contribution < 1.29 is 8.42 Å². The fourth-order valence-corrected chi connectivity index (χ4v) is 3.16. The molecule has 0 radical (unpaired) electrons. The number of nitrogens with one attached hydrogen (secondary N) is 1. The predicted molar refractivity (Wildman–Crippen MR) is 55.7 cm³/mol. The van der Waals surface area contributed by atoms with Gasteiger partial charge in [-0.05, 0) is 6.92 Å². The maximum Gasteiger partial charge on any atom is 0.252 e. The monoisotopic (exact) mass is 250 g/mol. The van der Waals surface area contributed by atoms with E-state index in [0.717, 1.165) is 11.3 Å². The van der Waals surface area contributed by atoms with Crippen LogP contribution in [0, 0.1) is 12.3 Å². The van der Waals surface area contributed by atoms with Crippen molar-refractivity contribution in [3.05, 3.63) is 10.7 Å². The highest BCUT2D eigenvalue weighted by Gasteiger charge is 2.18. The van der Waals surface area contributed by atoms with Crippen LogP contribution in [0.15, 0.2) is 10.4 Å². The number of hydrogen-bond donors (Lipinski definition) is 1. The molecule has 1 aromatic rings. The van der Waals surface area contributed by atoms with Crippen LogP contribution in [0.5, 0.6) is 0 Å². The van der Waals surface area contributed by atoms with Crippen molar-refractivity contribution in [1.82, 2.24) is 9.71 Å². The fourth-order valence-electron chi connectivity index (χ4n) is 0.688. The molecule has 0 aliphatic carbocycles. The van der Waals surface area contributed by atoms with Crippen molar-refractivity contribution in [3.63, 3.8) is 0 Å². The smallest absolute Gasteiger partial charge is 0.232 e. The van der Waals surface area contributed by atoms with E-state index in [2.05, 4.69) is 15.6 Å². The van der Waals surface area contributed by atoms with E-state index in [1.807, 2.05) is 0 Å². The summed E-state index contributed by atoms with van der Waals surface area (Å²) in [4.78, 5) is 3.63. The zero-order valence-corrected chi connectivity index (χ0v) is 9.58. The predicted octanol–water partition coefficient (Wildman–Crippen LogP) is 1.10. The number of aromatic nitrogens is 1. The number of sulfonamides is 1. The third-order valence-corrected chi connectivity index (χ3v) is 4.42.